The van der Waals surface area contributed by atoms with Gasteiger partial charge < -0.3 is 4.74 Å². The zero-order chi connectivity index (χ0) is 24.1. The first-order chi connectivity index (χ1) is 16.4. The molecule has 0 aliphatic rings. The summed E-state index contributed by atoms with van der Waals surface area (Å²) in [6.07, 6.45) is 0. The Bertz CT molecular complexity index is 1330. The molecule has 0 atom stereocenters. The van der Waals surface area contributed by atoms with Gasteiger partial charge in [-0.2, -0.15) is 10.2 Å². The fraction of sp³-hybridized carbons (Fsp3) is 0.0800. The van der Waals surface area contributed by atoms with Crippen LogP contribution < -0.4 is 10.2 Å². The number of ether oxygens (including phenoxy) is 1. The Balaban J connectivity index is 1.36. The van der Waals surface area contributed by atoms with Crippen LogP contribution >= 0.6 is 34.8 Å². The van der Waals surface area contributed by atoms with E-state index in [-0.39, 0.29) is 5.69 Å². The summed E-state index contributed by atoms with van der Waals surface area (Å²) < 4.78 is 5.81. The number of halogens is 3. The summed E-state index contributed by atoms with van der Waals surface area (Å²) >= 11 is 17.9. The zero-order valence-corrected chi connectivity index (χ0v) is 20.2. The van der Waals surface area contributed by atoms with Crippen LogP contribution in [-0.2, 0) is 6.61 Å². The van der Waals surface area contributed by atoms with Crippen molar-refractivity contribution in [1.82, 2.24) is 15.6 Å². The van der Waals surface area contributed by atoms with E-state index in [0.29, 0.717) is 33.1 Å². The van der Waals surface area contributed by atoms with Gasteiger partial charge in [0.25, 0.3) is 5.91 Å². The first-order valence-corrected chi connectivity index (χ1v) is 11.4. The van der Waals surface area contributed by atoms with Crippen molar-refractivity contribution in [3.8, 4) is 17.0 Å². The maximum absolute atomic E-state index is 12.5. The van der Waals surface area contributed by atoms with E-state index in [2.05, 4.69) is 20.7 Å². The number of H-pyrrole nitrogens is 1. The van der Waals surface area contributed by atoms with Crippen LogP contribution in [0.1, 0.15) is 28.5 Å². The Kier molecular flexibility index (Phi) is 7.53. The highest BCUT2D eigenvalue weighted by atomic mass is 35.5. The number of hydrazone groups is 1. The summed E-state index contributed by atoms with van der Waals surface area (Å²) in [4.78, 5) is 12.5. The maximum atomic E-state index is 12.5. The van der Waals surface area contributed by atoms with E-state index >= 15 is 0 Å². The predicted molar refractivity (Wildman–Crippen MR) is 136 cm³/mol. The van der Waals surface area contributed by atoms with Gasteiger partial charge in [-0.05, 0) is 72.6 Å². The minimum absolute atomic E-state index is 0.281. The number of carbonyl (C=O) groups excluding carboxylic acids is 1. The molecule has 9 heteroatoms. The molecule has 0 spiro atoms. The molecule has 1 heterocycles. The Morgan fingerprint density at radius 3 is 2.41 bits per heavy atom. The van der Waals surface area contributed by atoms with Crippen LogP contribution in [0.2, 0.25) is 15.1 Å². The molecule has 3 aromatic carbocycles. The molecule has 0 saturated heterocycles. The van der Waals surface area contributed by atoms with Gasteiger partial charge >= 0.3 is 0 Å². The number of nitrogens with one attached hydrogen (secondary N) is 2. The SMILES string of the molecule is C/C(=N/NC(=O)c1cc(-c2ccc(OCc3ccc(Cl)cc3)cc2)n[nH]1)c1ccc(Cl)c(Cl)c1. The van der Waals surface area contributed by atoms with Gasteiger partial charge in [0.15, 0.2) is 0 Å². The summed E-state index contributed by atoms with van der Waals surface area (Å²) in [6, 6.07) is 21.7. The lowest BCUT2D eigenvalue weighted by Gasteiger charge is -2.07. The van der Waals surface area contributed by atoms with E-state index < -0.39 is 5.91 Å². The zero-order valence-electron chi connectivity index (χ0n) is 18.0. The summed E-state index contributed by atoms with van der Waals surface area (Å²) in [5.74, 6) is 0.306. The Hall–Kier alpha value is -3.32. The number of carbonyl (C=O) groups is 1. The largest absolute Gasteiger partial charge is 0.489 e. The first kappa shape index (κ1) is 23.8. The molecule has 1 aromatic heterocycles. The second kappa shape index (κ2) is 10.7. The number of hydrogen-bond donors (Lipinski definition) is 2. The van der Waals surface area contributed by atoms with Crippen molar-refractivity contribution in [3.63, 3.8) is 0 Å². The molecule has 4 rings (SSSR count). The minimum Gasteiger partial charge on any atom is -0.489 e. The molecular formula is C25H19Cl3N4O2. The summed E-state index contributed by atoms with van der Waals surface area (Å²) in [6.45, 7) is 2.19. The van der Waals surface area contributed by atoms with Gasteiger partial charge in [0.1, 0.15) is 18.1 Å². The van der Waals surface area contributed by atoms with Crippen LogP contribution in [0.5, 0.6) is 5.75 Å². The van der Waals surface area contributed by atoms with Crippen molar-refractivity contribution in [2.75, 3.05) is 0 Å². The topological polar surface area (TPSA) is 79.4 Å². The van der Waals surface area contributed by atoms with Crippen LogP contribution in [0, 0.1) is 0 Å². The second-order valence-electron chi connectivity index (χ2n) is 7.37. The number of rotatable bonds is 7. The van der Waals surface area contributed by atoms with Crippen LogP contribution in [-0.4, -0.2) is 21.8 Å². The van der Waals surface area contributed by atoms with Gasteiger partial charge in [0.05, 0.1) is 21.5 Å². The number of aromatic amines is 1. The molecule has 0 bridgehead atoms. The Labute approximate surface area is 211 Å². The Morgan fingerprint density at radius 2 is 1.71 bits per heavy atom. The third kappa shape index (κ3) is 5.97. The minimum atomic E-state index is -0.416. The number of nitrogens with zero attached hydrogens (tertiary/aromatic N) is 2. The van der Waals surface area contributed by atoms with Crippen molar-refractivity contribution in [1.29, 1.82) is 0 Å². The van der Waals surface area contributed by atoms with E-state index in [1.807, 2.05) is 48.5 Å². The van der Waals surface area contributed by atoms with Crippen molar-refractivity contribution in [2.24, 2.45) is 5.10 Å². The van der Waals surface area contributed by atoms with Gasteiger partial charge in [0.2, 0.25) is 0 Å². The molecule has 6 nitrogen and oxygen atoms in total. The highest BCUT2D eigenvalue weighted by molar-refractivity contribution is 6.42. The first-order valence-electron chi connectivity index (χ1n) is 10.2. The molecule has 34 heavy (non-hydrogen) atoms. The third-order valence-corrected chi connectivity index (χ3v) is 5.94. The highest BCUT2D eigenvalue weighted by Crippen LogP contribution is 2.24. The molecule has 172 valence electrons. The second-order valence-corrected chi connectivity index (χ2v) is 8.62. The quantitative estimate of drug-likeness (QED) is 0.211. The van der Waals surface area contributed by atoms with Crippen molar-refractivity contribution < 1.29 is 9.53 Å². The number of hydrogen-bond acceptors (Lipinski definition) is 4. The van der Waals surface area contributed by atoms with E-state index in [4.69, 9.17) is 39.5 Å². The molecule has 1 amide bonds. The Morgan fingerprint density at radius 1 is 0.971 bits per heavy atom. The van der Waals surface area contributed by atoms with Crippen LogP contribution in [0.15, 0.2) is 77.9 Å². The average molecular weight is 514 g/mol. The summed E-state index contributed by atoms with van der Waals surface area (Å²) in [5, 5.41) is 12.6. The van der Waals surface area contributed by atoms with E-state index in [9.17, 15) is 4.79 Å². The molecule has 4 aromatic rings. The van der Waals surface area contributed by atoms with Gasteiger partial charge in [-0.3, -0.25) is 9.89 Å². The standard InChI is InChI=1S/C25H19Cl3N4O2/c1-15(18-6-11-21(27)22(28)12-18)29-32-25(33)24-13-23(30-31-24)17-4-9-20(10-5-17)34-14-16-2-7-19(26)8-3-16/h2-13H,14H2,1H3,(H,30,31)(H,32,33)/b29-15-. The van der Waals surface area contributed by atoms with E-state index in [1.165, 1.54) is 0 Å². The molecule has 0 unspecified atom stereocenters. The van der Waals surface area contributed by atoms with Gasteiger partial charge in [-0.1, -0.05) is 53.0 Å². The van der Waals surface area contributed by atoms with E-state index in [0.717, 1.165) is 22.4 Å². The average Bonchev–Trinajstić information content (AvgIpc) is 3.34. The molecule has 0 aliphatic heterocycles. The molecule has 0 aliphatic carbocycles. The normalized spacial score (nSPS) is 11.4. The van der Waals surface area contributed by atoms with Crippen LogP contribution in [0.25, 0.3) is 11.3 Å². The summed E-state index contributed by atoms with van der Waals surface area (Å²) in [5.41, 5.74) is 6.61. The molecule has 2 N–H and O–H groups in total. The number of aromatic nitrogens is 2. The van der Waals surface area contributed by atoms with Gasteiger partial charge in [0, 0.05) is 10.6 Å². The third-order valence-electron chi connectivity index (χ3n) is 4.95. The summed E-state index contributed by atoms with van der Waals surface area (Å²) in [7, 11) is 0. The lowest BCUT2D eigenvalue weighted by molar-refractivity contribution is 0.0950. The molecule has 0 saturated carbocycles. The lowest BCUT2D eigenvalue weighted by Crippen LogP contribution is -2.19. The van der Waals surface area contributed by atoms with Crippen molar-refractivity contribution in [3.05, 3.63) is 105 Å². The molecular weight excluding hydrogens is 495 g/mol. The fourth-order valence-corrected chi connectivity index (χ4v) is 3.46. The fourth-order valence-electron chi connectivity index (χ4n) is 3.04. The monoisotopic (exact) mass is 512 g/mol. The smallest absolute Gasteiger partial charge is 0.289 e. The number of amides is 1. The van der Waals surface area contributed by atoms with Gasteiger partial charge in [-0.15, -0.1) is 0 Å². The predicted octanol–water partition coefficient (Wildman–Crippen LogP) is 6.77. The highest BCUT2D eigenvalue weighted by Gasteiger charge is 2.11. The maximum Gasteiger partial charge on any atom is 0.289 e. The van der Waals surface area contributed by atoms with Crippen molar-refractivity contribution in [2.45, 2.75) is 13.5 Å². The molecule has 0 radical (unpaired) electrons. The van der Waals surface area contributed by atoms with Crippen LogP contribution in [0.3, 0.4) is 0 Å². The van der Waals surface area contributed by atoms with Crippen molar-refractivity contribution >= 4 is 46.4 Å². The lowest BCUT2D eigenvalue weighted by atomic mass is 10.1. The van der Waals surface area contributed by atoms with Crippen LogP contribution in [0.4, 0.5) is 0 Å². The molecule has 0 fully saturated rings. The van der Waals surface area contributed by atoms with E-state index in [1.54, 1.807) is 31.2 Å². The number of benzene rings is 3. The van der Waals surface area contributed by atoms with Gasteiger partial charge in [-0.25, -0.2) is 5.43 Å².